The lowest BCUT2D eigenvalue weighted by Crippen LogP contribution is -2.17. The molecule has 6 nitrogen and oxygen atoms in total. The van der Waals surface area contributed by atoms with E-state index >= 15 is 0 Å². The minimum absolute atomic E-state index is 0.00149. The highest BCUT2D eigenvalue weighted by Crippen LogP contribution is 2.28. The third-order valence-electron chi connectivity index (χ3n) is 3.36. The summed E-state index contributed by atoms with van der Waals surface area (Å²) in [5.41, 5.74) is 12.3. The summed E-state index contributed by atoms with van der Waals surface area (Å²) in [7, 11) is 0. The molecule has 0 saturated carbocycles. The second-order valence-electron chi connectivity index (χ2n) is 4.98. The molecule has 23 heavy (non-hydrogen) atoms. The van der Waals surface area contributed by atoms with Gasteiger partial charge in [-0.2, -0.15) is 0 Å². The molecular weight excluding hydrogens is 292 g/mol. The minimum atomic E-state index is -0.467. The Morgan fingerprint density at radius 1 is 1.00 bits per heavy atom. The summed E-state index contributed by atoms with van der Waals surface area (Å²) in [6.45, 7) is 0.409. The molecule has 6 heteroatoms. The van der Waals surface area contributed by atoms with Crippen molar-refractivity contribution in [2.75, 3.05) is 11.5 Å². The van der Waals surface area contributed by atoms with Crippen molar-refractivity contribution in [3.8, 4) is 17.1 Å². The van der Waals surface area contributed by atoms with E-state index < -0.39 is 5.56 Å². The van der Waals surface area contributed by atoms with Gasteiger partial charge in [-0.1, -0.05) is 42.5 Å². The zero-order valence-corrected chi connectivity index (χ0v) is 12.3. The van der Waals surface area contributed by atoms with Crippen LogP contribution in [0.25, 0.3) is 11.4 Å². The van der Waals surface area contributed by atoms with Gasteiger partial charge in [0.15, 0.2) is 5.82 Å². The van der Waals surface area contributed by atoms with Crippen molar-refractivity contribution in [1.82, 2.24) is 9.97 Å². The quantitative estimate of drug-likeness (QED) is 0.685. The number of nitrogens with one attached hydrogen (secondary N) is 1. The van der Waals surface area contributed by atoms with Crippen LogP contribution in [0.15, 0.2) is 59.4 Å². The monoisotopic (exact) mass is 308 g/mol. The molecule has 0 atom stereocenters. The Bertz CT molecular complexity index is 875. The van der Waals surface area contributed by atoms with Gasteiger partial charge in [0, 0.05) is 0 Å². The molecule has 0 spiro atoms. The first-order valence-corrected chi connectivity index (χ1v) is 7.06. The molecule has 0 unspecified atom stereocenters. The molecule has 0 bridgehead atoms. The molecule has 0 radical (unpaired) electrons. The Morgan fingerprint density at radius 3 is 2.43 bits per heavy atom. The maximum atomic E-state index is 11.8. The Balaban J connectivity index is 1.93. The lowest BCUT2D eigenvalue weighted by atomic mass is 10.2. The summed E-state index contributed by atoms with van der Waals surface area (Å²) < 4.78 is 5.85. The fourth-order valence-electron chi connectivity index (χ4n) is 2.15. The highest BCUT2D eigenvalue weighted by Gasteiger charge is 2.11. The third kappa shape index (κ3) is 3.16. The number of aromatic amines is 1. The molecule has 0 amide bonds. The van der Waals surface area contributed by atoms with Gasteiger partial charge in [-0.05, 0) is 17.7 Å². The molecule has 0 aliphatic rings. The average Bonchev–Trinajstić information content (AvgIpc) is 2.58. The summed E-state index contributed by atoms with van der Waals surface area (Å²) in [6, 6.07) is 17.1. The Labute approximate surface area is 132 Å². The van der Waals surface area contributed by atoms with Gasteiger partial charge >= 0.3 is 0 Å². The topological polar surface area (TPSA) is 107 Å². The van der Waals surface area contributed by atoms with Crippen LogP contribution in [0.1, 0.15) is 5.56 Å². The Morgan fingerprint density at radius 2 is 1.70 bits per heavy atom. The maximum absolute atomic E-state index is 11.8. The third-order valence-corrected chi connectivity index (χ3v) is 3.36. The highest BCUT2D eigenvalue weighted by molar-refractivity contribution is 5.68. The van der Waals surface area contributed by atoms with Gasteiger partial charge in [-0.3, -0.25) is 4.79 Å². The van der Waals surface area contributed by atoms with Crippen LogP contribution in [0.5, 0.6) is 5.75 Å². The fourth-order valence-corrected chi connectivity index (χ4v) is 2.15. The van der Waals surface area contributed by atoms with E-state index in [1.165, 1.54) is 0 Å². The number of hydrogen-bond acceptors (Lipinski definition) is 5. The number of hydrogen-bond donors (Lipinski definition) is 3. The first kappa shape index (κ1) is 14.6. The van der Waals surface area contributed by atoms with Crippen LogP contribution in [0.4, 0.5) is 11.5 Å². The van der Waals surface area contributed by atoms with Crippen molar-refractivity contribution in [2.24, 2.45) is 0 Å². The van der Waals surface area contributed by atoms with Crippen molar-refractivity contribution in [1.29, 1.82) is 0 Å². The van der Waals surface area contributed by atoms with Gasteiger partial charge in [0.05, 0.1) is 5.56 Å². The minimum Gasteiger partial charge on any atom is -0.488 e. The van der Waals surface area contributed by atoms with Crippen molar-refractivity contribution in [3.63, 3.8) is 0 Å². The normalized spacial score (nSPS) is 10.4. The zero-order chi connectivity index (χ0) is 16.2. The molecular formula is C17H16N4O2. The summed E-state index contributed by atoms with van der Waals surface area (Å²) in [4.78, 5) is 18.5. The van der Waals surface area contributed by atoms with E-state index in [0.29, 0.717) is 23.7 Å². The number of para-hydroxylation sites is 1. The molecule has 3 rings (SSSR count). The van der Waals surface area contributed by atoms with Crippen LogP contribution in [0.3, 0.4) is 0 Å². The number of nitrogens with zero attached hydrogens (tertiary/aromatic N) is 1. The standard InChI is InChI=1S/C17H16N4O2/c18-14-15(19)20-16(21-17(14)22)12-8-4-5-9-13(12)23-10-11-6-2-1-3-7-11/h1-9H,10,18H2,(H3,19,20,21,22). The largest absolute Gasteiger partial charge is 0.488 e. The molecule has 116 valence electrons. The number of nitrogens with two attached hydrogens (primary N) is 2. The molecule has 0 aliphatic carbocycles. The summed E-state index contributed by atoms with van der Waals surface area (Å²) in [6.07, 6.45) is 0. The van der Waals surface area contributed by atoms with Crippen molar-refractivity contribution in [2.45, 2.75) is 6.61 Å². The summed E-state index contributed by atoms with van der Waals surface area (Å²) in [5.74, 6) is 0.927. The summed E-state index contributed by atoms with van der Waals surface area (Å²) >= 11 is 0. The second kappa shape index (κ2) is 6.23. The molecule has 5 N–H and O–H groups in total. The van der Waals surface area contributed by atoms with Crippen LogP contribution >= 0.6 is 0 Å². The van der Waals surface area contributed by atoms with Gasteiger partial charge in [0.1, 0.15) is 23.9 Å². The predicted octanol–water partition coefficient (Wildman–Crippen LogP) is 2.18. The summed E-state index contributed by atoms with van der Waals surface area (Å²) in [5, 5.41) is 0. The Kier molecular flexibility index (Phi) is 3.97. The van der Waals surface area contributed by atoms with Gasteiger partial charge in [-0.25, -0.2) is 4.98 Å². The Hall–Kier alpha value is -3.28. The number of rotatable bonds is 4. The first-order chi connectivity index (χ1) is 11.1. The van der Waals surface area contributed by atoms with Crippen LogP contribution < -0.4 is 21.8 Å². The van der Waals surface area contributed by atoms with Crippen molar-refractivity contribution in [3.05, 3.63) is 70.5 Å². The van der Waals surface area contributed by atoms with Gasteiger partial charge < -0.3 is 21.2 Å². The van der Waals surface area contributed by atoms with Gasteiger partial charge in [-0.15, -0.1) is 0 Å². The maximum Gasteiger partial charge on any atom is 0.276 e. The van der Waals surface area contributed by atoms with E-state index in [1.807, 2.05) is 48.5 Å². The zero-order valence-electron chi connectivity index (χ0n) is 12.3. The van der Waals surface area contributed by atoms with E-state index in [2.05, 4.69) is 9.97 Å². The number of anilines is 2. The lowest BCUT2D eigenvalue weighted by molar-refractivity contribution is 0.307. The van der Waals surface area contributed by atoms with E-state index in [4.69, 9.17) is 16.2 Å². The molecule has 1 heterocycles. The van der Waals surface area contributed by atoms with E-state index in [9.17, 15) is 4.79 Å². The molecule has 3 aromatic rings. The number of benzene rings is 2. The van der Waals surface area contributed by atoms with Crippen LogP contribution in [-0.4, -0.2) is 9.97 Å². The number of nitrogen functional groups attached to an aromatic ring is 2. The van der Waals surface area contributed by atoms with E-state index in [-0.39, 0.29) is 11.5 Å². The van der Waals surface area contributed by atoms with Gasteiger partial charge in [0.25, 0.3) is 5.56 Å². The molecule has 0 fully saturated rings. The van der Waals surface area contributed by atoms with Crippen LogP contribution in [0, 0.1) is 0 Å². The van der Waals surface area contributed by atoms with E-state index in [1.54, 1.807) is 6.07 Å². The second-order valence-corrected chi connectivity index (χ2v) is 4.98. The predicted molar refractivity (Wildman–Crippen MR) is 89.9 cm³/mol. The highest BCUT2D eigenvalue weighted by atomic mass is 16.5. The SMILES string of the molecule is Nc1nc(-c2ccccc2OCc2ccccc2)[nH]c(=O)c1N. The fraction of sp³-hybridized carbons (Fsp3) is 0.0588. The molecule has 0 aliphatic heterocycles. The average molecular weight is 308 g/mol. The van der Waals surface area contributed by atoms with Crippen molar-refractivity contribution >= 4 is 11.5 Å². The number of ether oxygens (including phenoxy) is 1. The van der Waals surface area contributed by atoms with Crippen molar-refractivity contribution < 1.29 is 4.74 Å². The smallest absolute Gasteiger partial charge is 0.276 e. The van der Waals surface area contributed by atoms with Crippen LogP contribution in [-0.2, 0) is 6.61 Å². The molecule has 0 saturated heterocycles. The molecule has 2 aromatic carbocycles. The first-order valence-electron chi connectivity index (χ1n) is 7.06. The molecule has 1 aromatic heterocycles. The van der Waals surface area contributed by atoms with Gasteiger partial charge in [0.2, 0.25) is 0 Å². The van der Waals surface area contributed by atoms with E-state index in [0.717, 1.165) is 5.56 Å². The lowest BCUT2D eigenvalue weighted by Gasteiger charge is -2.11. The number of H-pyrrole nitrogens is 1. The van der Waals surface area contributed by atoms with Crippen LogP contribution in [0.2, 0.25) is 0 Å². The number of aromatic nitrogens is 2.